The Hall–Kier alpha value is -1.18. The monoisotopic (exact) mass is 588 g/mol. The van der Waals surface area contributed by atoms with Crippen LogP contribution in [0.2, 0.25) is 0 Å². The lowest BCUT2D eigenvalue weighted by Crippen LogP contribution is -2.60. The summed E-state index contributed by atoms with van der Waals surface area (Å²) in [6, 6.07) is 8.39. The van der Waals surface area contributed by atoms with Crippen LogP contribution in [0, 0.1) is 39.4 Å². The van der Waals surface area contributed by atoms with E-state index in [0.717, 1.165) is 36.0 Å². The molecule has 37 heavy (non-hydrogen) atoms. The molecule has 202 valence electrons. The van der Waals surface area contributed by atoms with E-state index in [0.29, 0.717) is 35.5 Å². The van der Waals surface area contributed by atoms with Gasteiger partial charge in [-0.25, -0.2) is 5.06 Å². The van der Waals surface area contributed by atoms with Gasteiger partial charge in [-0.05, 0) is 127 Å². The summed E-state index contributed by atoms with van der Waals surface area (Å²) in [6.07, 6.45) is 9.27. The van der Waals surface area contributed by atoms with Gasteiger partial charge in [-0.3, -0.25) is 9.63 Å². The first kappa shape index (κ1) is 26.1. The molecule has 1 aromatic carbocycles. The number of carbonyl (C=O) groups is 1. The summed E-state index contributed by atoms with van der Waals surface area (Å²) in [7, 11) is 0. The van der Waals surface area contributed by atoms with Crippen molar-refractivity contribution in [3.8, 4) is 0 Å². The van der Waals surface area contributed by atoms with Gasteiger partial charge in [0, 0.05) is 10.4 Å². The Labute approximate surface area is 235 Å². The van der Waals surface area contributed by atoms with E-state index >= 15 is 0 Å². The number of halogens is 1. The summed E-state index contributed by atoms with van der Waals surface area (Å²) in [5, 5.41) is 6.18. The third-order valence-corrected chi connectivity index (χ3v) is 12.6. The van der Waals surface area contributed by atoms with E-state index in [9.17, 15) is 4.79 Å². The molecule has 5 nitrogen and oxygen atoms in total. The highest BCUT2D eigenvalue weighted by atomic mass is 79.9. The molecule has 1 aliphatic heterocycles. The van der Waals surface area contributed by atoms with Gasteiger partial charge < -0.3 is 10.1 Å². The summed E-state index contributed by atoms with van der Waals surface area (Å²) in [6.45, 7) is 10.4. The number of thiocarbonyl (C=S) groups is 1. The molecule has 7 heteroatoms. The van der Waals surface area contributed by atoms with Gasteiger partial charge >= 0.3 is 5.97 Å². The second-order valence-corrected chi connectivity index (χ2v) is 14.6. The number of fused-ring (bicyclic) bond motifs is 5. The average molecular weight is 590 g/mol. The number of hydrogen-bond acceptors (Lipinski definition) is 4. The van der Waals surface area contributed by atoms with Gasteiger partial charge in [0.05, 0.1) is 30.4 Å². The molecule has 2 bridgehead atoms. The van der Waals surface area contributed by atoms with Gasteiger partial charge in [0.15, 0.2) is 5.11 Å². The minimum Gasteiger partial charge on any atom is -0.466 e. The molecule has 0 radical (unpaired) electrons. The Kier molecular flexibility index (Phi) is 6.28. The molecule has 1 spiro atoms. The normalized spacial score (nSPS) is 44.0. The first-order valence-electron chi connectivity index (χ1n) is 14.2. The van der Waals surface area contributed by atoms with Crippen LogP contribution in [-0.2, 0) is 14.4 Å². The largest absolute Gasteiger partial charge is 0.466 e. The Morgan fingerprint density at radius 3 is 2.68 bits per heavy atom. The minimum atomic E-state index is -0.365. The number of ether oxygens (including phenoxy) is 1. The van der Waals surface area contributed by atoms with Crippen LogP contribution in [0.5, 0.6) is 0 Å². The second-order valence-electron chi connectivity index (χ2n) is 13.3. The van der Waals surface area contributed by atoms with Crippen LogP contribution < -0.4 is 5.32 Å². The van der Waals surface area contributed by atoms with Crippen LogP contribution in [0.15, 0.2) is 28.7 Å². The van der Waals surface area contributed by atoms with Gasteiger partial charge in [0.1, 0.15) is 0 Å². The number of anilines is 1. The number of esters is 1. The average Bonchev–Trinajstić information content (AvgIpc) is 3.38. The number of para-hydroxylation sites is 1. The molecule has 4 aliphatic carbocycles. The molecule has 4 saturated carbocycles. The van der Waals surface area contributed by atoms with E-state index in [4.69, 9.17) is 21.8 Å². The first-order valence-corrected chi connectivity index (χ1v) is 15.4. The Morgan fingerprint density at radius 1 is 1.16 bits per heavy atom. The van der Waals surface area contributed by atoms with Crippen LogP contribution in [0.1, 0.15) is 79.1 Å². The molecule has 6 rings (SSSR count). The SMILES string of the molecule is CCOC(=O)[C@]1(C)CCC[C@@]2(C)[C@@H]3CC[C@@]4(C)C[C@]3(CC[C@@H]21)[C@@H]1CON(C(=S)Nc2ccccc2Br)[C@@H]14. The zero-order chi connectivity index (χ0) is 26.2. The number of nitrogens with one attached hydrogen (secondary N) is 1. The highest BCUT2D eigenvalue weighted by molar-refractivity contribution is 9.10. The predicted octanol–water partition coefficient (Wildman–Crippen LogP) is 7.35. The van der Waals surface area contributed by atoms with E-state index in [1.165, 1.54) is 32.1 Å². The van der Waals surface area contributed by atoms with Crippen molar-refractivity contribution in [2.24, 2.45) is 39.4 Å². The number of hydrogen-bond donors (Lipinski definition) is 1. The van der Waals surface area contributed by atoms with E-state index in [1.807, 2.05) is 31.2 Å². The van der Waals surface area contributed by atoms with Crippen LogP contribution in [0.3, 0.4) is 0 Å². The van der Waals surface area contributed by atoms with E-state index in [-0.39, 0.29) is 27.6 Å². The molecule has 5 fully saturated rings. The molecule has 1 N–H and O–H groups in total. The summed E-state index contributed by atoms with van der Waals surface area (Å²) < 4.78 is 6.66. The van der Waals surface area contributed by atoms with Crippen molar-refractivity contribution in [1.29, 1.82) is 0 Å². The minimum absolute atomic E-state index is 0.0330. The molecule has 1 aromatic rings. The van der Waals surface area contributed by atoms with Crippen LogP contribution in [0.4, 0.5) is 5.69 Å². The topological polar surface area (TPSA) is 50.8 Å². The molecule has 1 heterocycles. The van der Waals surface area contributed by atoms with Crippen molar-refractivity contribution in [2.45, 2.75) is 85.1 Å². The Morgan fingerprint density at radius 2 is 1.92 bits per heavy atom. The smallest absolute Gasteiger partial charge is 0.312 e. The number of nitrogens with zero attached hydrogens (tertiary/aromatic N) is 1. The molecule has 5 aliphatic rings. The molecule has 0 aromatic heterocycles. The fourth-order valence-corrected chi connectivity index (χ4v) is 11.1. The van der Waals surface area contributed by atoms with Gasteiger partial charge in [0.25, 0.3) is 0 Å². The lowest BCUT2D eigenvalue weighted by Gasteiger charge is -2.64. The number of carbonyl (C=O) groups excluding carboxylic acids is 1. The van der Waals surface area contributed by atoms with Crippen LogP contribution in [-0.4, -0.2) is 35.4 Å². The molecule has 0 unspecified atom stereocenters. The fourth-order valence-electron chi connectivity index (χ4n) is 10.4. The molecule has 0 amide bonds. The van der Waals surface area contributed by atoms with Crippen molar-refractivity contribution in [3.63, 3.8) is 0 Å². The maximum Gasteiger partial charge on any atom is 0.312 e. The maximum absolute atomic E-state index is 13.3. The van der Waals surface area contributed by atoms with E-state index < -0.39 is 0 Å². The first-order chi connectivity index (χ1) is 17.6. The Balaban J connectivity index is 1.30. The third-order valence-electron chi connectivity index (χ3n) is 11.6. The fraction of sp³-hybridized carbons (Fsp3) is 0.733. The van der Waals surface area contributed by atoms with Gasteiger partial charge in [0.2, 0.25) is 0 Å². The quantitative estimate of drug-likeness (QED) is 0.294. The molecule has 1 saturated heterocycles. The van der Waals surface area contributed by atoms with E-state index in [2.05, 4.69) is 47.1 Å². The van der Waals surface area contributed by atoms with Crippen molar-refractivity contribution < 1.29 is 14.4 Å². The van der Waals surface area contributed by atoms with Crippen molar-refractivity contribution in [3.05, 3.63) is 28.7 Å². The zero-order valence-electron chi connectivity index (χ0n) is 22.6. The van der Waals surface area contributed by atoms with Crippen molar-refractivity contribution >= 4 is 44.9 Å². The standard InChI is InChI=1S/C30H41BrN2O3S/c1-5-35-25(34)29(4)14-8-13-28(3)22(29)12-16-30-18-27(2,15-11-23(28)30)24-19(30)17-36-33(24)26(37)32-21-10-7-6-9-20(21)31/h6-7,9-10,19,22-24H,5,8,11-18H2,1-4H3,(H,32,37)/t19-,22+,23+,24+,27+,28-,29-,30-/m1/s1. The second kappa shape index (κ2) is 8.92. The molecular formula is C30H41BrN2O3S. The summed E-state index contributed by atoms with van der Waals surface area (Å²) in [4.78, 5) is 19.7. The molecule has 8 atom stereocenters. The highest BCUT2D eigenvalue weighted by Gasteiger charge is 2.73. The summed E-state index contributed by atoms with van der Waals surface area (Å²) in [5.74, 6) is 1.51. The zero-order valence-corrected chi connectivity index (χ0v) is 25.1. The lowest BCUT2D eigenvalue weighted by atomic mass is 9.39. The van der Waals surface area contributed by atoms with Crippen molar-refractivity contribution in [1.82, 2.24) is 5.06 Å². The summed E-state index contributed by atoms with van der Waals surface area (Å²) >= 11 is 9.59. The van der Waals surface area contributed by atoms with Crippen LogP contribution >= 0.6 is 28.1 Å². The summed E-state index contributed by atoms with van der Waals surface area (Å²) in [5.41, 5.74) is 1.20. The Bertz CT molecular complexity index is 1120. The third kappa shape index (κ3) is 3.62. The van der Waals surface area contributed by atoms with Gasteiger partial charge in [-0.2, -0.15) is 0 Å². The predicted molar refractivity (Wildman–Crippen MR) is 153 cm³/mol. The highest BCUT2D eigenvalue weighted by Crippen LogP contribution is 2.76. The molecular weight excluding hydrogens is 548 g/mol. The maximum atomic E-state index is 13.3. The number of hydroxylamine groups is 2. The lowest BCUT2D eigenvalue weighted by molar-refractivity contribution is -0.195. The van der Waals surface area contributed by atoms with Crippen molar-refractivity contribution in [2.75, 3.05) is 18.5 Å². The van der Waals surface area contributed by atoms with Gasteiger partial charge in [-0.15, -0.1) is 0 Å². The van der Waals surface area contributed by atoms with Crippen LogP contribution in [0.25, 0.3) is 0 Å². The number of rotatable bonds is 3. The number of benzene rings is 1. The van der Waals surface area contributed by atoms with Gasteiger partial charge in [-0.1, -0.05) is 32.4 Å². The van der Waals surface area contributed by atoms with E-state index in [1.54, 1.807) is 0 Å².